The van der Waals surface area contributed by atoms with Crippen molar-refractivity contribution in [2.24, 2.45) is 5.73 Å². The van der Waals surface area contributed by atoms with Crippen molar-refractivity contribution < 1.29 is 4.39 Å². The number of thioether (sulfide) groups is 1. The van der Waals surface area contributed by atoms with E-state index in [1.54, 1.807) is 17.8 Å². The third kappa shape index (κ3) is 4.67. The maximum atomic E-state index is 13.0. The highest BCUT2D eigenvalue weighted by molar-refractivity contribution is 7.98. The van der Waals surface area contributed by atoms with Gasteiger partial charge in [-0.3, -0.25) is 0 Å². The van der Waals surface area contributed by atoms with Crippen LogP contribution in [0.3, 0.4) is 0 Å². The average molecular weight is 227 g/mol. The molecule has 0 bridgehead atoms. The molecule has 0 unspecified atom stereocenters. The lowest BCUT2D eigenvalue weighted by Crippen LogP contribution is -2.34. The maximum Gasteiger partial charge on any atom is 0.123 e. The average Bonchev–Trinajstić information content (AvgIpc) is 2.09. The molecule has 3 heteroatoms. The van der Waals surface area contributed by atoms with Crippen LogP contribution in [0.5, 0.6) is 0 Å². The second kappa shape index (κ2) is 4.99. The molecule has 0 aliphatic carbocycles. The third-order valence-corrected chi connectivity index (χ3v) is 3.51. The molecular formula is C12H18FNS. The molecule has 0 saturated heterocycles. The van der Waals surface area contributed by atoms with Crippen molar-refractivity contribution in [2.45, 2.75) is 32.1 Å². The molecule has 0 heterocycles. The Morgan fingerprint density at radius 3 is 2.67 bits per heavy atom. The van der Waals surface area contributed by atoms with E-state index < -0.39 is 0 Å². The fourth-order valence-corrected chi connectivity index (χ4v) is 2.38. The molecule has 1 nitrogen and oxygen atoms in total. The summed E-state index contributed by atoms with van der Waals surface area (Å²) in [5.41, 5.74) is 7.91. The molecule has 0 saturated carbocycles. The zero-order valence-electron chi connectivity index (χ0n) is 9.51. The maximum absolute atomic E-state index is 13.0. The van der Waals surface area contributed by atoms with Gasteiger partial charge in [0.2, 0.25) is 0 Å². The Balaban J connectivity index is 2.54. The largest absolute Gasteiger partial charge is 0.325 e. The molecule has 0 spiro atoms. The van der Waals surface area contributed by atoms with E-state index >= 15 is 0 Å². The van der Waals surface area contributed by atoms with Gasteiger partial charge >= 0.3 is 0 Å². The van der Waals surface area contributed by atoms with Gasteiger partial charge < -0.3 is 5.73 Å². The first-order valence-corrected chi connectivity index (χ1v) is 6.15. The first-order valence-electron chi connectivity index (χ1n) is 5.00. The van der Waals surface area contributed by atoms with Crippen LogP contribution < -0.4 is 5.73 Å². The first kappa shape index (κ1) is 12.5. The fraction of sp³-hybridized carbons (Fsp3) is 0.500. The topological polar surface area (TPSA) is 26.0 Å². The van der Waals surface area contributed by atoms with Crippen molar-refractivity contribution in [2.75, 3.05) is 5.75 Å². The third-order valence-electron chi connectivity index (χ3n) is 2.04. The molecule has 1 rings (SSSR count). The van der Waals surface area contributed by atoms with Crippen LogP contribution >= 0.6 is 11.8 Å². The molecule has 0 amide bonds. The van der Waals surface area contributed by atoms with Crippen LogP contribution in [-0.4, -0.2) is 11.3 Å². The highest BCUT2D eigenvalue weighted by Crippen LogP contribution is 2.19. The number of aryl methyl sites for hydroxylation is 1. The first-order chi connectivity index (χ1) is 6.88. The van der Waals surface area contributed by atoms with Gasteiger partial charge in [-0.25, -0.2) is 4.39 Å². The van der Waals surface area contributed by atoms with Gasteiger partial charge in [-0.05, 0) is 44.0 Å². The summed E-state index contributed by atoms with van der Waals surface area (Å²) in [4.78, 5) is 0. The molecule has 1 aromatic rings. The highest BCUT2D eigenvalue weighted by atomic mass is 32.2. The van der Waals surface area contributed by atoms with Gasteiger partial charge in [-0.2, -0.15) is 11.8 Å². The predicted molar refractivity (Wildman–Crippen MR) is 65.6 cm³/mol. The second-order valence-corrected chi connectivity index (χ2v) is 5.54. The molecule has 0 aliphatic rings. The van der Waals surface area contributed by atoms with E-state index in [9.17, 15) is 4.39 Å². The number of hydrogen-bond acceptors (Lipinski definition) is 2. The molecule has 0 radical (unpaired) electrons. The number of rotatable bonds is 4. The van der Waals surface area contributed by atoms with E-state index in [0.29, 0.717) is 0 Å². The number of nitrogens with two attached hydrogens (primary N) is 1. The summed E-state index contributed by atoms with van der Waals surface area (Å²) in [6.45, 7) is 6.00. The zero-order chi connectivity index (χ0) is 11.5. The van der Waals surface area contributed by atoms with Gasteiger partial charge in [0.15, 0.2) is 0 Å². The molecule has 2 N–H and O–H groups in total. The predicted octanol–water partition coefficient (Wildman–Crippen LogP) is 3.10. The Morgan fingerprint density at radius 2 is 2.07 bits per heavy atom. The molecule has 15 heavy (non-hydrogen) atoms. The Labute approximate surface area is 95.2 Å². The van der Waals surface area contributed by atoms with Gasteiger partial charge in [0, 0.05) is 17.0 Å². The monoisotopic (exact) mass is 227 g/mol. The van der Waals surface area contributed by atoms with Gasteiger partial charge in [0.25, 0.3) is 0 Å². The van der Waals surface area contributed by atoms with E-state index in [0.717, 1.165) is 22.6 Å². The summed E-state index contributed by atoms with van der Waals surface area (Å²) in [5, 5.41) is 0. The van der Waals surface area contributed by atoms with Crippen LogP contribution in [0, 0.1) is 12.7 Å². The molecule has 0 aliphatic heterocycles. The summed E-state index contributed by atoms with van der Waals surface area (Å²) >= 11 is 1.74. The van der Waals surface area contributed by atoms with Crippen molar-refractivity contribution >= 4 is 11.8 Å². The number of halogens is 1. The van der Waals surface area contributed by atoms with Crippen molar-refractivity contribution in [3.63, 3.8) is 0 Å². The van der Waals surface area contributed by atoms with Gasteiger partial charge in [-0.15, -0.1) is 0 Å². The van der Waals surface area contributed by atoms with E-state index in [4.69, 9.17) is 5.73 Å². The quantitative estimate of drug-likeness (QED) is 0.855. The van der Waals surface area contributed by atoms with Crippen LogP contribution in [0.25, 0.3) is 0 Å². The lowest BCUT2D eigenvalue weighted by Gasteiger charge is -2.17. The van der Waals surface area contributed by atoms with Crippen LogP contribution in [0.1, 0.15) is 25.0 Å². The van der Waals surface area contributed by atoms with E-state index in [1.807, 2.05) is 26.8 Å². The highest BCUT2D eigenvalue weighted by Gasteiger charge is 2.10. The minimum absolute atomic E-state index is 0.161. The number of hydrogen-bond donors (Lipinski definition) is 1. The normalized spacial score (nSPS) is 11.8. The lowest BCUT2D eigenvalue weighted by molar-refractivity contribution is 0.591. The summed E-state index contributed by atoms with van der Waals surface area (Å²) in [5.74, 6) is 1.54. The van der Waals surface area contributed by atoms with Crippen LogP contribution in [0.4, 0.5) is 4.39 Å². The molecule has 1 aromatic carbocycles. The Kier molecular flexibility index (Phi) is 4.17. The van der Waals surface area contributed by atoms with Gasteiger partial charge in [-0.1, -0.05) is 6.07 Å². The fourth-order valence-electron chi connectivity index (χ4n) is 1.22. The SMILES string of the molecule is Cc1ccc(F)cc1CSCC(C)(C)N. The Bertz CT molecular complexity index is 331. The van der Waals surface area contributed by atoms with Crippen LogP contribution in [0.2, 0.25) is 0 Å². The van der Waals surface area contributed by atoms with E-state index in [2.05, 4.69) is 0 Å². The van der Waals surface area contributed by atoms with E-state index in [1.165, 1.54) is 6.07 Å². The summed E-state index contributed by atoms with van der Waals surface area (Å²) in [6.07, 6.45) is 0. The Hall–Kier alpha value is -0.540. The standard InChI is InChI=1S/C12H18FNS/c1-9-4-5-11(13)6-10(9)7-15-8-12(2,3)14/h4-6H,7-8,14H2,1-3H3. The second-order valence-electron chi connectivity index (χ2n) is 4.55. The van der Waals surface area contributed by atoms with Crippen LogP contribution in [0.15, 0.2) is 18.2 Å². The minimum atomic E-state index is -0.164. The van der Waals surface area contributed by atoms with Crippen molar-refractivity contribution in [1.82, 2.24) is 0 Å². The van der Waals surface area contributed by atoms with Gasteiger partial charge in [0.05, 0.1) is 0 Å². The molecule has 0 aromatic heterocycles. The molecule has 0 atom stereocenters. The Morgan fingerprint density at radius 1 is 1.40 bits per heavy atom. The minimum Gasteiger partial charge on any atom is -0.325 e. The van der Waals surface area contributed by atoms with E-state index in [-0.39, 0.29) is 11.4 Å². The number of benzene rings is 1. The summed E-state index contributed by atoms with van der Waals surface area (Å²) in [7, 11) is 0. The zero-order valence-corrected chi connectivity index (χ0v) is 10.3. The smallest absolute Gasteiger partial charge is 0.123 e. The lowest BCUT2D eigenvalue weighted by atomic mass is 10.1. The molecular weight excluding hydrogens is 209 g/mol. The van der Waals surface area contributed by atoms with Crippen LogP contribution in [-0.2, 0) is 5.75 Å². The molecule has 0 fully saturated rings. The molecule has 84 valence electrons. The van der Waals surface area contributed by atoms with Gasteiger partial charge in [0.1, 0.15) is 5.82 Å². The summed E-state index contributed by atoms with van der Waals surface area (Å²) in [6, 6.07) is 4.92. The van der Waals surface area contributed by atoms with Crippen molar-refractivity contribution in [3.8, 4) is 0 Å². The van der Waals surface area contributed by atoms with Crippen molar-refractivity contribution in [1.29, 1.82) is 0 Å². The summed E-state index contributed by atoms with van der Waals surface area (Å²) < 4.78 is 13.0. The van der Waals surface area contributed by atoms with Crippen molar-refractivity contribution in [3.05, 3.63) is 35.1 Å².